The van der Waals surface area contributed by atoms with Gasteiger partial charge in [-0.15, -0.1) is 10.2 Å². The minimum atomic E-state index is -0.599. The Morgan fingerprint density at radius 1 is 1.37 bits per heavy atom. The van der Waals surface area contributed by atoms with E-state index in [1.807, 2.05) is 37.2 Å². The Bertz CT molecular complexity index is 544. The second kappa shape index (κ2) is 6.23. The van der Waals surface area contributed by atoms with Crippen LogP contribution in [0.2, 0.25) is 0 Å². The Hall–Kier alpha value is -1.31. The van der Waals surface area contributed by atoms with Gasteiger partial charge >= 0.3 is 0 Å². The summed E-state index contributed by atoms with van der Waals surface area (Å²) in [6, 6.07) is 7.35. The summed E-state index contributed by atoms with van der Waals surface area (Å²) in [6.45, 7) is 0. The lowest BCUT2D eigenvalue weighted by molar-refractivity contribution is 0.205. The topological polar surface area (TPSA) is 75.3 Å². The first-order chi connectivity index (χ1) is 9.08. The molecule has 0 aliphatic heterocycles. The van der Waals surface area contributed by atoms with Crippen molar-refractivity contribution < 1.29 is 5.11 Å². The minimum Gasteiger partial charge on any atom is -0.398 e. The highest BCUT2D eigenvalue weighted by Gasteiger charge is 2.13. The maximum absolute atomic E-state index is 10.1. The molecule has 0 fully saturated rings. The molecule has 0 aliphatic rings. The Labute approximate surface area is 120 Å². The quantitative estimate of drug-likeness (QED) is 0.649. The second-order valence-electron chi connectivity index (χ2n) is 4.20. The SMILES string of the molecule is CN(C)c1nnc(SCC(O)c2ccccc2N)s1. The molecule has 1 aromatic heterocycles. The number of nitrogen functional groups attached to an aromatic ring is 1. The summed E-state index contributed by atoms with van der Waals surface area (Å²) >= 11 is 2.99. The van der Waals surface area contributed by atoms with Crippen molar-refractivity contribution in [1.82, 2.24) is 10.2 Å². The number of benzene rings is 1. The zero-order chi connectivity index (χ0) is 13.8. The van der Waals surface area contributed by atoms with Crippen LogP contribution in [0, 0.1) is 0 Å². The summed E-state index contributed by atoms with van der Waals surface area (Å²) in [7, 11) is 3.85. The fourth-order valence-corrected chi connectivity index (χ4v) is 3.24. The van der Waals surface area contributed by atoms with Gasteiger partial charge in [0, 0.05) is 31.1 Å². The first kappa shape index (κ1) is 14.1. The summed E-state index contributed by atoms with van der Waals surface area (Å²) in [4.78, 5) is 1.91. The van der Waals surface area contributed by atoms with E-state index in [-0.39, 0.29) is 0 Å². The summed E-state index contributed by atoms with van der Waals surface area (Å²) in [5.74, 6) is 0.510. The van der Waals surface area contributed by atoms with Crippen LogP contribution in [0.15, 0.2) is 28.6 Å². The normalized spacial score (nSPS) is 12.4. The fourth-order valence-electron chi connectivity index (χ4n) is 1.50. The van der Waals surface area contributed by atoms with Gasteiger partial charge in [-0.2, -0.15) is 0 Å². The predicted octanol–water partition coefficient (Wildman–Crippen LogP) is 2.01. The van der Waals surface area contributed by atoms with Crippen molar-refractivity contribution in [2.75, 3.05) is 30.5 Å². The molecule has 1 atom stereocenters. The average Bonchev–Trinajstić information content (AvgIpc) is 2.85. The molecule has 19 heavy (non-hydrogen) atoms. The third-order valence-corrected chi connectivity index (χ3v) is 4.80. The number of hydrogen-bond acceptors (Lipinski definition) is 7. The van der Waals surface area contributed by atoms with E-state index in [2.05, 4.69) is 10.2 Å². The Balaban J connectivity index is 1.96. The molecule has 7 heteroatoms. The lowest BCUT2D eigenvalue weighted by Crippen LogP contribution is -2.07. The Kier molecular flexibility index (Phi) is 4.62. The number of aromatic nitrogens is 2. The highest BCUT2D eigenvalue weighted by Crippen LogP contribution is 2.31. The Morgan fingerprint density at radius 2 is 2.11 bits per heavy atom. The van der Waals surface area contributed by atoms with Crippen LogP contribution in [0.3, 0.4) is 0 Å². The highest BCUT2D eigenvalue weighted by molar-refractivity contribution is 8.01. The number of hydrogen-bond donors (Lipinski definition) is 2. The first-order valence-corrected chi connectivity index (χ1v) is 7.54. The van der Waals surface area contributed by atoms with Gasteiger partial charge in [0.1, 0.15) is 0 Å². The van der Waals surface area contributed by atoms with E-state index in [0.29, 0.717) is 11.4 Å². The summed E-state index contributed by atoms with van der Waals surface area (Å²) < 4.78 is 0.845. The molecule has 102 valence electrons. The Morgan fingerprint density at radius 3 is 2.74 bits per heavy atom. The van der Waals surface area contributed by atoms with Gasteiger partial charge in [-0.25, -0.2) is 0 Å². The maximum atomic E-state index is 10.1. The molecular weight excluding hydrogens is 280 g/mol. The van der Waals surface area contributed by atoms with Crippen LogP contribution in [0.25, 0.3) is 0 Å². The largest absolute Gasteiger partial charge is 0.398 e. The number of nitrogens with two attached hydrogens (primary N) is 1. The van der Waals surface area contributed by atoms with E-state index in [4.69, 9.17) is 5.73 Å². The lowest BCUT2D eigenvalue weighted by Gasteiger charge is -2.11. The number of aliphatic hydroxyl groups is 1. The zero-order valence-corrected chi connectivity index (χ0v) is 12.4. The van der Waals surface area contributed by atoms with Crippen LogP contribution < -0.4 is 10.6 Å². The average molecular weight is 296 g/mol. The molecular formula is C12H16N4OS2. The van der Waals surface area contributed by atoms with Gasteiger partial charge in [-0.05, 0) is 6.07 Å². The summed E-state index contributed by atoms with van der Waals surface area (Å²) in [5.41, 5.74) is 7.20. The van der Waals surface area contributed by atoms with E-state index in [0.717, 1.165) is 15.0 Å². The molecule has 1 heterocycles. The minimum absolute atomic E-state index is 0.510. The smallest absolute Gasteiger partial charge is 0.208 e. The van der Waals surface area contributed by atoms with Gasteiger partial charge in [0.25, 0.3) is 0 Å². The van der Waals surface area contributed by atoms with Crippen molar-refractivity contribution in [3.63, 3.8) is 0 Å². The van der Waals surface area contributed by atoms with Crippen LogP contribution in [0.5, 0.6) is 0 Å². The van der Waals surface area contributed by atoms with Gasteiger partial charge < -0.3 is 15.7 Å². The van der Waals surface area contributed by atoms with E-state index in [1.54, 1.807) is 6.07 Å². The van der Waals surface area contributed by atoms with Crippen molar-refractivity contribution in [2.24, 2.45) is 0 Å². The molecule has 0 aliphatic carbocycles. The van der Waals surface area contributed by atoms with Crippen molar-refractivity contribution >= 4 is 33.9 Å². The van der Waals surface area contributed by atoms with E-state index in [1.165, 1.54) is 23.1 Å². The van der Waals surface area contributed by atoms with Crippen LogP contribution in [-0.2, 0) is 0 Å². The second-order valence-corrected chi connectivity index (χ2v) is 6.42. The third kappa shape index (κ3) is 3.59. The molecule has 1 aromatic carbocycles. The van der Waals surface area contributed by atoms with Gasteiger partial charge in [-0.1, -0.05) is 41.3 Å². The number of thioether (sulfide) groups is 1. The van der Waals surface area contributed by atoms with Crippen molar-refractivity contribution in [3.05, 3.63) is 29.8 Å². The van der Waals surface area contributed by atoms with Crippen LogP contribution in [0.4, 0.5) is 10.8 Å². The van der Waals surface area contributed by atoms with E-state index < -0.39 is 6.10 Å². The highest BCUT2D eigenvalue weighted by atomic mass is 32.2. The fraction of sp³-hybridized carbons (Fsp3) is 0.333. The molecule has 1 unspecified atom stereocenters. The standard InChI is InChI=1S/C12H16N4OS2/c1-16(2)11-14-15-12(19-11)18-7-10(17)8-5-3-4-6-9(8)13/h3-6,10,17H,7,13H2,1-2H3. The predicted molar refractivity (Wildman–Crippen MR) is 80.8 cm³/mol. The maximum Gasteiger partial charge on any atom is 0.208 e. The van der Waals surface area contributed by atoms with Crippen LogP contribution in [0.1, 0.15) is 11.7 Å². The van der Waals surface area contributed by atoms with Gasteiger partial charge in [0.05, 0.1) is 6.10 Å². The molecule has 0 saturated heterocycles. The number of aliphatic hydroxyl groups excluding tert-OH is 1. The van der Waals surface area contributed by atoms with Gasteiger partial charge in [0.2, 0.25) is 5.13 Å². The molecule has 0 radical (unpaired) electrons. The molecule has 3 N–H and O–H groups in total. The summed E-state index contributed by atoms with van der Waals surface area (Å²) in [5, 5.41) is 19.1. The number of nitrogens with zero attached hydrogens (tertiary/aromatic N) is 3. The summed E-state index contributed by atoms with van der Waals surface area (Å²) in [6.07, 6.45) is -0.599. The van der Waals surface area contributed by atoms with Gasteiger partial charge in [-0.3, -0.25) is 0 Å². The molecule has 5 nitrogen and oxygen atoms in total. The molecule has 2 rings (SSSR count). The van der Waals surface area contributed by atoms with Crippen molar-refractivity contribution in [3.8, 4) is 0 Å². The van der Waals surface area contributed by atoms with E-state index in [9.17, 15) is 5.11 Å². The zero-order valence-electron chi connectivity index (χ0n) is 10.8. The van der Waals surface area contributed by atoms with Crippen molar-refractivity contribution in [1.29, 1.82) is 0 Å². The van der Waals surface area contributed by atoms with Gasteiger partial charge in [0.15, 0.2) is 4.34 Å². The number of anilines is 2. The van der Waals surface area contributed by atoms with E-state index >= 15 is 0 Å². The molecule has 0 amide bonds. The lowest BCUT2D eigenvalue weighted by atomic mass is 10.1. The molecule has 2 aromatic rings. The monoisotopic (exact) mass is 296 g/mol. The molecule has 0 bridgehead atoms. The molecule has 0 spiro atoms. The van der Waals surface area contributed by atoms with Crippen LogP contribution >= 0.6 is 23.1 Å². The van der Waals surface area contributed by atoms with Crippen molar-refractivity contribution in [2.45, 2.75) is 10.4 Å². The third-order valence-electron chi connectivity index (χ3n) is 2.50. The first-order valence-electron chi connectivity index (χ1n) is 5.74. The number of para-hydroxylation sites is 1. The molecule has 0 saturated carbocycles. The number of rotatable bonds is 5. The van der Waals surface area contributed by atoms with Crippen LogP contribution in [-0.4, -0.2) is 35.2 Å².